The molecule has 1 aromatic carbocycles. The number of aromatic nitrogens is 3. The number of nitrogens with zero attached hydrogens (tertiary/aromatic N) is 4. The fourth-order valence-corrected chi connectivity index (χ4v) is 3.39. The maximum absolute atomic E-state index is 12.9. The minimum absolute atomic E-state index is 0.0547. The molecule has 0 fully saturated rings. The van der Waals surface area contributed by atoms with Crippen LogP contribution in [-0.4, -0.2) is 51.8 Å². The van der Waals surface area contributed by atoms with Gasteiger partial charge < -0.3 is 10.2 Å². The highest BCUT2D eigenvalue weighted by Gasteiger charge is 2.16. The van der Waals surface area contributed by atoms with Crippen LogP contribution in [0.3, 0.4) is 0 Å². The Labute approximate surface area is 166 Å². The van der Waals surface area contributed by atoms with Crippen molar-refractivity contribution in [3.05, 3.63) is 47.8 Å². The van der Waals surface area contributed by atoms with Gasteiger partial charge in [-0.3, -0.25) is 9.48 Å². The average molecular weight is 380 g/mol. The fourth-order valence-electron chi connectivity index (χ4n) is 3.39. The highest BCUT2D eigenvalue weighted by Crippen LogP contribution is 2.26. The molecular weight excluding hydrogens is 350 g/mol. The molecule has 0 saturated heterocycles. The summed E-state index contributed by atoms with van der Waals surface area (Å²) in [6, 6.07) is 9.66. The van der Waals surface area contributed by atoms with Gasteiger partial charge in [-0.15, -0.1) is 0 Å². The van der Waals surface area contributed by atoms with Gasteiger partial charge in [0.25, 0.3) is 5.91 Å². The molecule has 0 aliphatic heterocycles. The standard InChI is InChI=1S/C22H29N5O/c1-5-27(6-2)13-9-12-23-22(28)18-14-21(19-15-24-26(4)16(19)3)25-20-11-8-7-10-17(18)20/h7-8,10-11,14-15H,5-6,9,12-13H2,1-4H3,(H,23,28). The zero-order valence-corrected chi connectivity index (χ0v) is 17.2. The number of nitrogens with one attached hydrogen (secondary N) is 1. The van der Waals surface area contributed by atoms with Gasteiger partial charge in [0.2, 0.25) is 0 Å². The van der Waals surface area contributed by atoms with E-state index in [1.807, 2.05) is 49.0 Å². The first-order chi connectivity index (χ1) is 13.5. The normalized spacial score (nSPS) is 11.3. The number of carbonyl (C=O) groups is 1. The Morgan fingerprint density at radius 3 is 2.64 bits per heavy atom. The Morgan fingerprint density at radius 1 is 1.21 bits per heavy atom. The van der Waals surface area contributed by atoms with Crippen molar-refractivity contribution in [3.8, 4) is 11.3 Å². The monoisotopic (exact) mass is 379 g/mol. The molecule has 0 bridgehead atoms. The van der Waals surface area contributed by atoms with Crippen molar-refractivity contribution in [1.29, 1.82) is 0 Å². The molecule has 0 aliphatic rings. The lowest BCUT2D eigenvalue weighted by Crippen LogP contribution is -2.30. The van der Waals surface area contributed by atoms with Crippen LogP contribution in [0, 0.1) is 6.92 Å². The molecule has 28 heavy (non-hydrogen) atoms. The van der Waals surface area contributed by atoms with E-state index in [2.05, 4.69) is 29.2 Å². The fraction of sp³-hybridized carbons (Fsp3) is 0.409. The molecule has 0 spiro atoms. The number of hydrogen-bond donors (Lipinski definition) is 1. The molecule has 3 aromatic rings. The highest BCUT2D eigenvalue weighted by atomic mass is 16.1. The topological polar surface area (TPSA) is 63.1 Å². The van der Waals surface area contributed by atoms with Crippen LogP contribution < -0.4 is 5.32 Å². The average Bonchev–Trinajstić information content (AvgIpc) is 3.05. The van der Waals surface area contributed by atoms with E-state index >= 15 is 0 Å². The van der Waals surface area contributed by atoms with Crippen molar-refractivity contribution >= 4 is 16.8 Å². The molecule has 6 nitrogen and oxygen atoms in total. The lowest BCUT2D eigenvalue weighted by atomic mass is 10.0. The van der Waals surface area contributed by atoms with Crippen molar-refractivity contribution in [2.75, 3.05) is 26.2 Å². The van der Waals surface area contributed by atoms with E-state index in [-0.39, 0.29) is 5.91 Å². The summed E-state index contributed by atoms with van der Waals surface area (Å²) in [4.78, 5) is 20.1. The van der Waals surface area contributed by atoms with E-state index < -0.39 is 0 Å². The van der Waals surface area contributed by atoms with E-state index in [1.54, 1.807) is 6.20 Å². The summed E-state index contributed by atoms with van der Waals surface area (Å²) in [5, 5.41) is 8.26. The lowest BCUT2D eigenvalue weighted by molar-refractivity contribution is 0.0953. The van der Waals surface area contributed by atoms with Gasteiger partial charge in [-0.2, -0.15) is 5.10 Å². The number of pyridine rings is 1. The van der Waals surface area contributed by atoms with Crippen molar-refractivity contribution < 1.29 is 4.79 Å². The second-order valence-electron chi connectivity index (χ2n) is 6.98. The first kappa shape index (κ1) is 20.0. The van der Waals surface area contributed by atoms with E-state index in [0.29, 0.717) is 12.1 Å². The Balaban J connectivity index is 1.85. The lowest BCUT2D eigenvalue weighted by Gasteiger charge is -2.17. The summed E-state index contributed by atoms with van der Waals surface area (Å²) < 4.78 is 1.82. The van der Waals surface area contributed by atoms with Gasteiger partial charge in [-0.05, 0) is 45.1 Å². The number of amides is 1. The van der Waals surface area contributed by atoms with E-state index in [0.717, 1.165) is 53.9 Å². The maximum Gasteiger partial charge on any atom is 0.252 e. The van der Waals surface area contributed by atoms with Crippen LogP contribution in [0.4, 0.5) is 0 Å². The summed E-state index contributed by atoms with van der Waals surface area (Å²) >= 11 is 0. The molecule has 0 radical (unpaired) electrons. The minimum atomic E-state index is -0.0547. The van der Waals surface area contributed by atoms with E-state index in [4.69, 9.17) is 4.98 Å². The summed E-state index contributed by atoms with van der Waals surface area (Å²) in [5.41, 5.74) is 4.22. The Hall–Kier alpha value is -2.73. The van der Waals surface area contributed by atoms with Crippen molar-refractivity contribution in [1.82, 2.24) is 25.0 Å². The van der Waals surface area contributed by atoms with Crippen LogP contribution in [0.25, 0.3) is 22.2 Å². The SMILES string of the molecule is CCN(CC)CCCNC(=O)c1cc(-c2cnn(C)c2C)nc2ccccc12. The molecule has 0 saturated carbocycles. The van der Waals surface area contributed by atoms with E-state index in [1.165, 1.54) is 0 Å². The second-order valence-corrected chi connectivity index (χ2v) is 6.98. The van der Waals surface area contributed by atoms with Gasteiger partial charge in [-0.25, -0.2) is 4.98 Å². The molecule has 0 unspecified atom stereocenters. The number of hydrogen-bond acceptors (Lipinski definition) is 4. The summed E-state index contributed by atoms with van der Waals surface area (Å²) in [5.74, 6) is -0.0547. The van der Waals surface area contributed by atoms with Crippen LogP contribution >= 0.6 is 0 Å². The molecular formula is C22H29N5O. The molecule has 0 atom stereocenters. The molecule has 2 heterocycles. The highest BCUT2D eigenvalue weighted by molar-refractivity contribution is 6.07. The van der Waals surface area contributed by atoms with Gasteiger partial charge in [0.05, 0.1) is 23.0 Å². The van der Waals surface area contributed by atoms with Crippen molar-refractivity contribution in [2.24, 2.45) is 7.05 Å². The van der Waals surface area contributed by atoms with Gasteiger partial charge in [0.15, 0.2) is 0 Å². The Kier molecular flexibility index (Phi) is 6.41. The van der Waals surface area contributed by atoms with Crippen LogP contribution in [0.2, 0.25) is 0 Å². The maximum atomic E-state index is 12.9. The summed E-state index contributed by atoms with van der Waals surface area (Å²) in [6.07, 6.45) is 2.74. The molecule has 1 N–H and O–H groups in total. The number of fused-ring (bicyclic) bond motifs is 1. The smallest absolute Gasteiger partial charge is 0.252 e. The summed E-state index contributed by atoms with van der Waals surface area (Å²) in [7, 11) is 1.91. The first-order valence-electron chi connectivity index (χ1n) is 9.94. The van der Waals surface area contributed by atoms with Gasteiger partial charge >= 0.3 is 0 Å². The van der Waals surface area contributed by atoms with Crippen LogP contribution in [-0.2, 0) is 7.05 Å². The zero-order valence-electron chi connectivity index (χ0n) is 17.2. The predicted molar refractivity (Wildman–Crippen MR) is 113 cm³/mol. The van der Waals surface area contributed by atoms with Crippen molar-refractivity contribution in [2.45, 2.75) is 27.2 Å². The number of para-hydroxylation sites is 1. The third-order valence-corrected chi connectivity index (χ3v) is 5.30. The van der Waals surface area contributed by atoms with Gasteiger partial charge in [-0.1, -0.05) is 32.0 Å². The molecule has 6 heteroatoms. The number of rotatable bonds is 8. The van der Waals surface area contributed by atoms with Crippen molar-refractivity contribution in [3.63, 3.8) is 0 Å². The van der Waals surface area contributed by atoms with Gasteiger partial charge in [0.1, 0.15) is 0 Å². The molecule has 2 aromatic heterocycles. The van der Waals surface area contributed by atoms with Crippen LogP contribution in [0.5, 0.6) is 0 Å². The van der Waals surface area contributed by atoms with Crippen LogP contribution in [0.1, 0.15) is 36.3 Å². The van der Waals surface area contributed by atoms with Crippen LogP contribution in [0.15, 0.2) is 36.5 Å². The zero-order chi connectivity index (χ0) is 20.1. The largest absolute Gasteiger partial charge is 0.352 e. The van der Waals surface area contributed by atoms with Gasteiger partial charge in [0, 0.05) is 30.2 Å². The number of carbonyl (C=O) groups excluding carboxylic acids is 1. The van der Waals surface area contributed by atoms with E-state index in [9.17, 15) is 4.79 Å². The third-order valence-electron chi connectivity index (χ3n) is 5.30. The minimum Gasteiger partial charge on any atom is -0.352 e. The Morgan fingerprint density at radius 2 is 1.96 bits per heavy atom. The second kappa shape index (κ2) is 8.97. The summed E-state index contributed by atoms with van der Waals surface area (Å²) in [6.45, 7) is 10.0. The molecule has 1 amide bonds. The molecule has 0 aliphatic carbocycles. The quantitative estimate of drug-likeness (QED) is 0.609. The Bertz CT molecular complexity index is 959. The predicted octanol–water partition coefficient (Wildman–Crippen LogP) is 3.41. The number of benzene rings is 1. The molecule has 148 valence electrons. The molecule has 3 rings (SSSR count). The third kappa shape index (κ3) is 4.22. The first-order valence-corrected chi connectivity index (χ1v) is 9.94. The number of aryl methyl sites for hydroxylation is 1.